The van der Waals surface area contributed by atoms with Crippen LogP contribution in [0.1, 0.15) is 5.56 Å². The number of benzene rings is 1. The lowest BCUT2D eigenvalue weighted by molar-refractivity contribution is -0.385. The number of hydrogen-bond acceptors (Lipinski definition) is 6. The van der Waals surface area contributed by atoms with E-state index in [2.05, 4.69) is 0 Å². The van der Waals surface area contributed by atoms with Crippen LogP contribution < -0.4 is 5.63 Å². The summed E-state index contributed by atoms with van der Waals surface area (Å²) in [6.07, 6.45) is 0. The summed E-state index contributed by atoms with van der Waals surface area (Å²) < 4.78 is 4.73. The summed E-state index contributed by atoms with van der Waals surface area (Å²) in [4.78, 5) is 20.8. The Morgan fingerprint density at radius 2 is 2.12 bits per heavy atom. The summed E-state index contributed by atoms with van der Waals surface area (Å²) in [5, 5.41) is 28.9. The van der Waals surface area contributed by atoms with Crippen LogP contribution in [0.15, 0.2) is 27.4 Å². The second-order valence-electron chi connectivity index (χ2n) is 3.19. The Hall–Kier alpha value is -2.88. The molecule has 1 heterocycles. The van der Waals surface area contributed by atoms with E-state index in [9.17, 15) is 20.0 Å². The molecule has 17 heavy (non-hydrogen) atoms. The Morgan fingerprint density at radius 1 is 1.41 bits per heavy atom. The van der Waals surface area contributed by atoms with E-state index in [1.165, 1.54) is 0 Å². The molecule has 2 rings (SSSR count). The Morgan fingerprint density at radius 3 is 2.71 bits per heavy atom. The van der Waals surface area contributed by atoms with Gasteiger partial charge in [0.05, 0.1) is 16.6 Å². The van der Waals surface area contributed by atoms with Gasteiger partial charge in [0.2, 0.25) is 0 Å². The van der Waals surface area contributed by atoms with E-state index in [0.29, 0.717) is 0 Å². The standard InChI is InChI=1S/C10H4N2O5/c11-4-5-1-10(14)17-9-3-7(12(15)16)8(13)2-6(5)9/h1-3,13H. The highest BCUT2D eigenvalue weighted by molar-refractivity contribution is 5.86. The summed E-state index contributed by atoms with van der Waals surface area (Å²) in [5.41, 5.74) is -1.50. The molecular weight excluding hydrogens is 228 g/mol. The van der Waals surface area contributed by atoms with Crippen molar-refractivity contribution in [1.29, 1.82) is 5.26 Å². The fourth-order valence-corrected chi connectivity index (χ4v) is 1.42. The summed E-state index contributed by atoms with van der Waals surface area (Å²) in [5.74, 6) is -0.590. The van der Waals surface area contributed by atoms with Crippen LogP contribution in [0.5, 0.6) is 5.75 Å². The first-order valence-corrected chi connectivity index (χ1v) is 4.38. The van der Waals surface area contributed by atoms with Gasteiger partial charge in [0.25, 0.3) is 0 Å². The Kier molecular flexibility index (Phi) is 2.25. The van der Waals surface area contributed by atoms with Crippen molar-refractivity contribution in [2.45, 2.75) is 0 Å². The monoisotopic (exact) mass is 232 g/mol. The highest BCUT2D eigenvalue weighted by Gasteiger charge is 2.17. The molecule has 2 aromatic rings. The summed E-state index contributed by atoms with van der Waals surface area (Å²) in [6.45, 7) is 0. The zero-order valence-corrected chi connectivity index (χ0v) is 8.21. The molecule has 0 aliphatic carbocycles. The number of phenols is 1. The van der Waals surface area contributed by atoms with Crippen molar-refractivity contribution in [3.05, 3.63) is 44.3 Å². The molecule has 0 fully saturated rings. The number of nitro benzene ring substituents is 1. The third-order valence-electron chi connectivity index (χ3n) is 2.16. The minimum atomic E-state index is -0.812. The summed E-state index contributed by atoms with van der Waals surface area (Å²) in [7, 11) is 0. The molecule has 0 spiro atoms. The second-order valence-corrected chi connectivity index (χ2v) is 3.19. The maximum atomic E-state index is 11.1. The lowest BCUT2D eigenvalue weighted by Crippen LogP contribution is -1.99. The van der Waals surface area contributed by atoms with Crippen LogP contribution in [-0.2, 0) is 0 Å². The Bertz CT molecular complexity index is 726. The van der Waals surface area contributed by atoms with Crippen molar-refractivity contribution in [3.8, 4) is 11.8 Å². The fraction of sp³-hybridized carbons (Fsp3) is 0. The van der Waals surface area contributed by atoms with E-state index in [-0.39, 0.29) is 16.5 Å². The normalized spacial score (nSPS) is 10.1. The predicted molar refractivity (Wildman–Crippen MR) is 55.5 cm³/mol. The molecule has 7 heteroatoms. The second kappa shape index (κ2) is 3.61. The van der Waals surface area contributed by atoms with E-state index in [0.717, 1.165) is 18.2 Å². The van der Waals surface area contributed by atoms with Gasteiger partial charge in [-0.3, -0.25) is 10.1 Å². The van der Waals surface area contributed by atoms with Crippen molar-refractivity contribution in [2.24, 2.45) is 0 Å². The van der Waals surface area contributed by atoms with Crippen LogP contribution in [0.2, 0.25) is 0 Å². The number of nitro groups is 1. The van der Waals surface area contributed by atoms with Gasteiger partial charge in [0.1, 0.15) is 11.7 Å². The van der Waals surface area contributed by atoms with Gasteiger partial charge in [-0.25, -0.2) is 4.79 Å². The molecule has 1 aromatic heterocycles. The third kappa shape index (κ3) is 1.68. The minimum absolute atomic E-state index is 0.0125. The quantitative estimate of drug-likeness (QED) is 0.449. The maximum absolute atomic E-state index is 11.1. The molecule has 0 saturated carbocycles. The Balaban J connectivity index is 2.93. The highest BCUT2D eigenvalue weighted by atomic mass is 16.6. The van der Waals surface area contributed by atoms with E-state index >= 15 is 0 Å². The molecule has 1 N–H and O–H groups in total. The molecule has 0 aliphatic heterocycles. The van der Waals surface area contributed by atoms with Gasteiger partial charge in [-0.1, -0.05) is 0 Å². The van der Waals surface area contributed by atoms with Crippen molar-refractivity contribution < 1.29 is 14.4 Å². The van der Waals surface area contributed by atoms with Crippen LogP contribution in [-0.4, -0.2) is 10.0 Å². The molecule has 0 bridgehead atoms. The molecule has 0 atom stereocenters. The van der Waals surface area contributed by atoms with Crippen molar-refractivity contribution in [1.82, 2.24) is 0 Å². The molecule has 0 unspecified atom stereocenters. The zero-order chi connectivity index (χ0) is 12.6. The van der Waals surface area contributed by atoms with Crippen molar-refractivity contribution >= 4 is 16.7 Å². The van der Waals surface area contributed by atoms with E-state index in [1.807, 2.05) is 0 Å². The van der Waals surface area contributed by atoms with E-state index < -0.39 is 22.0 Å². The average molecular weight is 232 g/mol. The summed E-state index contributed by atoms with van der Waals surface area (Å²) >= 11 is 0. The SMILES string of the molecule is N#Cc1cc(=O)oc2cc([N+](=O)[O-])c(O)cc12. The lowest BCUT2D eigenvalue weighted by Gasteiger charge is -2.00. The van der Waals surface area contributed by atoms with Crippen LogP contribution in [0, 0.1) is 21.4 Å². The minimum Gasteiger partial charge on any atom is -0.502 e. The van der Waals surface area contributed by atoms with E-state index in [1.54, 1.807) is 6.07 Å². The third-order valence-corrected chi connectivity index (χ3v) is 2.16. The highest BCUT2D eigenvalue weighted by Crippen LogP contribution is 2.31. The van der Waals surface area contributed by atoms with Gasteiger partial charge in [-0.05, 0) is 6.07 Å². The van der Waals surface area contributed by atoms with Crippen LogP contribution in [0.4, 0.5) is 5.69 Å². The lowest BCUT2D eigenvalue weighted by atomic mass is 10.1. The van der Waals surface area contributed by atoms with Gasteiger partial charge in [0.15, 0.2) is 5.75 Å². The topological polar surface area (TPSA) is 117 Å². The predicted octanol–water partition coefficient (Wildman–Crippen LogP) is 1.28. The van der Waals surface area contributed by atoms with Gasteiger partial charge in [-0.2, -0.15) is 5.26 Å². The van der Waals surface area contributed by atoms with Crippen molar-refractivity contribution in [2.75, 3.05) is 0 Å². The first kappa shape index (κ1) is 10.6. The van der Waals surface area contributed by atoms with E-state index in [4.69, 9.17) is 9.68 Å². The number of rotatable bonds is 1. The maximum Gasteiger partial charge on any atom is 0.337 e. The molecule has 0 amide bonds. The molecule has 7 nitrogen and oxygen atoms in total. The largest absolute Gasteiger partial charge is 0.502 e. The fourth-order valence-electron chi connectivity index (χ4n) is 1.42. The van der Waals surface area contributed by atoms with Crippen molar-refractivity contribution in [3.63, 3.8) is 0 Å². The molecule has 1 aromatic carbocycles. The average Bonchev–Trinajstić information content (AvgIpc) is 2.27. The molecule has 0 saturated heterocycles. The molecular formula is C10H4N2O5. The molecule has 0 aliphatic rings. The van der Waals surface area contributed by atoms with Crippen LogP contribution in [0.25, 0.3) is 11.0 Å². The van der Waals surface area contributed by atoms with Gasteiger partial charge >= 0.3 is 11.3 Å². The van der Waals surface area contributed by atoms with Crippen LogP contribution >= 0.6 is 0 Å². The number of nitrogens with zero attached hydrogens (tertiary/aromatic N) is 2. The number of phenolic OH excluding ortho intramolecular Hbond substituents is 1. The number of hydrogen-bond donors (Lipinski definition) is 1. The first-order valence-electron chi connectivity index (χ1n) is 4.38. The smallest absolute Gasteiger partial charge is 0.337 e. The summed E-state index contributed by atoms with van der Waals surface area (Å²) in [6, 6.07) is 4.63. The zero-order valence-electron chi connectivity index (χ0n) is 8.21. The van der Waals surface area contributed by atoms with Gasteiger partial charge in [0, 0.05) is 11.5 Å². The van der Waals surface area contributed by atoms with Gasteiger partial charge in [-0.15, -0.1) is 0 Å². The molecule has 84 valence electrons. The van der Waals surface area contributed by atoms with Crippen LogP contribution in [0.3, 0.4) is 0 Å². The number of aromatic hydroxyl groups is 1. The number of fused-ring (bicyclic) bond motifs is 1. The van der Waals surface area contributed by atoms with Gasteiger partial charge < -0.3 is 9.52 Å². The number of nitriles is 1. The Labute approximate surface area is 93.3 Å². The first-order chi connectivity index (χ1) is 8.02. The molecule has 0 radical (unpaired) electrons.